The van der Waals surface area contributed by atoms with Crippen molar-refractivity contribution in [3.8, 4) is 11.3 Å². The van der Waals surface area contributed by atoms with Crippen LogP contribution < -0.4 is 0 Å². The first-order valence-corrected chi connectivity index (χ1v) is 9.05. The van der Waals surface area contributed by atoms with Crippen LogP contribution in [0.25, 0.3) is 11.3 Å². The topological polar surface area (TPSA) is 27.1 Å². The lowest BCUT2D eigenvalue weighted by molar-refractivity contribution is -0.0601. The molecule has 3 nitrogen and oxygen atoms in total. The average Bonchev–Trinajstić information content (AvgIpc) is 3.24. The van der Waals surface area contributed by atoms with Gasteiger partial charge in [0.05, 0.1) is 17.6 Å². The van der Waals surface area contributed by atoms with Crippen LogP contribution >= 0.6 is 0 Å². The monoisotopic (exact) mass is 322 g/mol. The standard InChI is InChI=1S/C21H26N2O/c1-21(2)14-17(12-13-24-21)20-19(16-8-4-3-5-9-16)22-15-23(20)18-10-6-7-11-18/h3-9,15,17-18H,10-14H2,1-2H3/t17-/m1/s1. The molecule has 4 rings (SSSR count). The van der Waals surface area contributed by atoms with Crippen LogP contribution in [0.5, 0.6) is 0 Å². The quantitative estimate of drug-likeness (QED) is 0.734. The molecule has 1 aromatic carbocycles. The van der Waals surface area contributed by atoms with Gasteiger partial charge in [-0.15, -0.1) is 0 Å². The summed E-state index contributed by atoms with van der Waals surface area (Å²) in [6.45, 7) is 5.25. The zero-order valence-corrected chi connectivity index (χ0v) is 14.6. The molecule has 0 radical (unpaired) electrons. The Morgan fingerprint density at radius 1 is 1.12 bits per heavy atom. The maximum atomic E-state index is 5.96. The van der Waals surface area contributed by atoms with Crippen LogP contribution in [-0.2, 0) is 4.74 Å². The Kier molecular flexibility index (Phi) is 4.05. The van der Waals surface area contributed by atoms with Crippen LogP contribution in [0.2, 0.25) is 0 Å². The number of hydrogen-bond acceptors (Lipinski definition) is 2. The molecule has 0 spiro atoms. The highest BCUT2D eigenvalue weighted by Gasteiger charge is 2.34. The number of benzene rings is 1. The number of nitrogens with zero attached hydrogens (tertiary/aromatic N) is 2. The molecular formula is C21H26N2O. The van der Waals surface area contributed by atoms with Crippen molar-refractivity contribution in [2.45, 2.75) is 57.1 Å². The van der Waals surface area contributed by atoms with Crippen LogP contribution in [0.1, 0.15) is 57.2 Å². The highest BCUT2D eigenvalue weighted by Crippen LogP contribution is 2.41. The van der Waals surface area contributed by atoms with E-state index in [0.29, 0.717) is 12.0 Å². The molecule has 1 aliphatic heterocycles. The molecule has 1 aliphatic carbocycles. The molecule has 0 N–H and O–H groups in total. The molecule has 1 aromatic heterocycles. The summed E-state index contributed by atoms with van der Waals surface area (Å²) in [5.41, 5.74) is 3.73. The number of imidazole rings is 1. The Balaban J connectivity index is 1.77. The van der Waals surface area contributed by atoms with E-state index in [1.807, 2.05) is 0 Å². The second-order valence-electron chi connectivity index (χ2n) is 7.65. The Hall–Kier alpha value is -1.87. The average molecular weight is 322 g/mol. The van der Waals surface area contributed by atoms with Crippen LogP contribution in [-0.4, -0.2) is 21.8 Å². The third-order valence-corrected chi connectivity index (χ3v) is 5.34. The van der Waals surface area contributed by atoms with Gasteiger partial charge in [-0.1, -0.05) is 42.5 Å². The lowest BCUT2D eigenvalue weighted by Gasteiger charge is -2.36. The van der Waals surface area contributed by atoms with Crippen molar-refractivity contribution >= 4 is 0 Å². The number of allylic oxidation sites excluding steroid dienone is 2. The van der Waals surface area contributed by atoms with Crippen molar-refractivity contribution in [3.63, 3.8) is 0 Å². The predicted octanol–water partition coefficient (Wildman–Crippen LogP) is 5.11. The Morgan fingerprint density at radius 2 is 1.88 bits per heavy atom. The van der Waals surface area contributed by atoms with Crippen LogP contribution in [0, 0.1) is 0 Å². The minimum absolute atomic E-state index is 0.0557. The van der Waals surface area contributed by atoms with Gasteiger partial charge in [0.1, 0.15) is 0 Å². The second-order valence-corrected chi connectivity index (χ2v) is 7.65. The van der Waals surface area contributed by atoms with Crippen LogP contribution in [0.3, 0.4) is 0 Å². The normalized spacial score (nSPS) is 23.7. The largest absolute Gasteiger partial charge is 0.376 e. The van der Waals surface area contributed by atoms with Crippen molar-refractivity contribution in [3.05, 3.63) is 54.5 Å². The Morgan fingerprint density at radius 3 is 2.58 bits per heavy atom. The SMILES string of the molecule is CC1(C)C[C@H](c2c(-c3ccccc3)ncn2C2CC=CC2)CCO1. The van der Waals surface area contributed by atoms with Crippen molar-refractivity contribution < 1.29 is 4.74 Å². The molecule has 1 saturated heterocycles. The molecule has 0 bridgehead atoms. The van der Waals surface area contributed by atoms with Gasteiger partial charge in [0.2, 0.25) is 0 Å². The molecule has 0 amide bonds. The maximum Gasteiger partial charge on any atom is 0.0958 e. The van der Waals surface area contributed by atoms with Crippen LogP contribution in [0.15, 0.2) is 48.8 Å². The van der Waals surface area contributed by atoms with Gasteiger partial charge in [-0.05, 0) is 39.5 Å². The summed E-state index contributed by atoms with van der Waals surface area (Å²) < 4.78 is 8.42. The van der Waals surface area contributed by atoms with Gasteiger partial charge in [0.15, 0.2) is 0 Å². The van der Waals surface area contributed by atoms with Gasteiger partial charge in [-0.25, -0.2) is 4.98 Å². The number of ether oxygens (including phenoxy) is 1. The van der Waals surface area contributed by atoms with Crippen molar-refractivity contribution in [1.29, 1.82) is 0 Å². The lowest BCUT2D eigenvalue weighted by Crippen LogP contribution is -2.34. The summed E-state index contributed by atoms with van der Waals surface area (Å²) in [7, 11) is 0. The van der Waals surface area contributed by atoms with E-state index in [9.17, 15) is 0 Å². The molecule has 2 aromatic rings. The fourth-order valence-corrected chi connectivity index (χ4v) is 4.18. The minimum Gasteiger partial charge on any atom is -0.376 e. The molecule has 0 unspecified atom stereocenters. The third kappa shape index (κ3) is 2.93. The fourth-order valence-electron chi connectivity index (χ4n) is 4.18. The Bertz CT molecular complexity index is 722. The van der Waals surface area contributed by atoms with Gasteiger partial charge < -0.3 is 9.30 Å². The molecule has 1 atom stereocenters. The second kappa shape index (κ2) is 6.21. The number of rotatable bonds is 3. The summed E-state index contributed by atoms with van der Waals surface area (Å²) >= 11 is 0. The van der Waals surface area contributed by atoms with Crippen molar-refractivity contribution in [2.24, 2.45) is 0 Å². The Labute approximate surface area is 144 Å². The molecule has 2 heterocycles. The van der Waals surface area contributed by atoms with Crippen LogP contribution in [0.4, 0.5) is 0 Å². The van der Waals surface area contributed by atoms with E-state index in [4.69, 9.17) is 9.72 Å². The molecule has 24 heavy (non-hydrogen) atoms. The summed E-state index contributed by atoms with van der Waals surface area (Å²) in [6, 6.07) is 11.1. The van der Waals surface area contributed by atoms with E-state index in [2.05, 4.69) is 67.2 Å². The smallest absolute Gasteiger partial charge is 0.0958 e. The summed E-state index contributed by atoms with van der Waals surface area (Å²) in [6.07, 6.45) is 11.0. The molecule has 126 valence electrons. The molecule has 1 fully saturated rings. The van der Waals surface area contributed by atoms with Gasteiger partial charge in [-0.3, -0.25) is 0 Å². The molecular weight excluding hydrogens is 296 g/mol. The minimum atomic E-state index is -0.0557. The van der Waals surface area contributed by atoms with E-state index in [-0.39, 0.29) is 5.60 Å². The summed E-state index contributed by atoms with van der Waals surface area (Å²) in [4.78, 5) is 4.85. The number of hydrogen-bond donors (Lipinski definition) is 0. The summed E-state index contributed by atoms with van der Waals surface area (Å²) in [5, 5.41) is 0. The van der Waals surface area contributed by atoms with E-state index < -0.39 is 0 Å². The number of aromatic nitrogens is 2. The predicted molar refractivity (Wildman–Crippen MR) is 97.1 cm³/mol. The van der Waals surface area contributed by atoms with Gasteiger partial charge in [0.25, 0.3) is 0 Å². The van der Waals surface area contributed by atoms with Crippen molar-refractivity contribution in [2.75, 3.05) is 6.61 Å². The highest BCUT2D eigenvalue weighted by atomic mass is 16.5. The van der Waals surface area contributed by atoms with E-state index >= 15 is 0 Å². The first kappa shape index (κ1) is 15.6. The fraction of sp³-hybridized carbons (Fsp3) is 0.476. The van der Waals surface area contributed by atoms with E-state index in [0.717, 1.165) is 38.0 Å². The van der Waals surface area contributed by atoms with E-state index in [1.165, 1.54) is 11.3 Å². The zero-order valence-electron chi connectivity index (χ0n) is 14.6. The van der Waals surface area contributed by atoms with Gasteiger partial charge in [-0.2, -0.15) is 0 Å². The molecule has 0 saturated carbocycles. The molecule has 3 heteroatoms. The summed E-state index contributed by atoms with van der Waals surface area (Å²) in [5.74, 6) is 0.507. The van der Waals surface area contributed by atoms with Crippen molar-refractivity contribution in [1.82, 2.24) is 9.55 Å². The van der Waals surface area contributed by atoms with Gasteiger partial charge in [0, 0.05) is 29.8 Å². The first-order chi connectivity index (χ1) is 11.6. The zero-order chi connectivity index (χ0) is 16.6. The molecule has 2 aliphatic rings. The lowest BCUT2D eigenvalue weighted by atomic mass is 9.84. The first-order valence-electron chi connectivity index (χ1n) is 9.05. The van der Waals surface area contributed by atoms with Gasteiger partial charge >= 0.3 is 0 Å². The highest BCUT2D eigenvalue weighted by molar-refractivity contribution is 5.62. The maximum absolute atomic E-state index is 5.96. The van der Waals surface area contributed by atoms with E-state index in [1.54, 1.807) is 0 Å². The third-order valence-electron chi connectivity index (χ3n) is 5.34.